The molecule has 0 aliphatic carbocycles. The van der Waals surface area contributed by atoms with Crippen molar-refractivity contribution in [1.29, 1.82) is 0 Å². The van der Waals surface area contributed by atoms with Crippen LogP contribution in [0.5, 0.6) is 0 Å². The molecule has 18 heavy (non-hydrogen) atoms. The number of hydrogen-bond acceptors (Lipinski definition) is 4. The van der Waals surface area contributed by atoms with Crippen molar-refractivity contribution in [3.8, 4) is 11.1 Å². The zero-order valence-corrected chi connectivity index (χ0v) is 9.33. The van der Waals surface area contributed by atoms with Crippen LogP contribution in [0.3, 0.4) is 0 Å². The first kappa shape index (κ1) is 11.8. The minimum atomic E-state index is -1.12. The zero-order chi connectivity index (χ0) is 13.1. The van der Waals surface area contributed by atoms with E-state index in [9.17, 15) is 9.59 Å². The van der Waals surface area contributed by atoms with Gasteiger partial charge in [-0.15, -0.1) is 0 Å². The van der Waals surface area contributed by atoms with Gasteiger partial charge in [-0.1, -0.05) is 24.3 Å². The number of nitrogens with two attached hydrogens (primary N) is 1. The summed E-state index contributed by atoms with van der Waals surface area (Å²) in [5, 5.41) is 8.95. The molecule has 1 heterocycles. The van der Waals surface area contributed by atoms with Gasteiger partial charge in [-0.2, -0.15) is 0 Å². The third-order valence-corrected chi connectivity index (χ3v) is 2.53. The molecule has 0 fully saturated rings. The van der Waals surface area contributed by atoms with Crippen LogP contribution in [0.1, 0.15) is 20.7 Å². The van der Waals surface area contributed by atoms with Gasteiger partial charge in [0.2, 0.25) is 0 Å². The molecule has 0 saturated carbocycles. The van der Waals surface area contributed by atoms with E-state index in [-0.39, 0.29) is 11.4 Å². The van der Waals surface area contributed by atoms with E-state index in [4.69, 9.17) is 10.8 Å². The summed E-state index contributed by atoms with van der Waals surface area (Å²) < 4.78 is 0. The van der Waals surface area contributed by atoms with Gasteiger partial charge in [0.25, 0.3) is 0 Å². The molecule has 0 atom stereocenters. The minimum absolute atomic E-state index is 0.0178. The average Bonchev–Trinajstić information content (AvgIpc) is 2.39. The van der Waals surface area contributed by atoms with Crippen molar-refractivity contribution in [3.63, 3.8) is 0 Å². The molecule has 1 aromatic carbocycles. The Bertz CT molecular complexity index is 606. The lowest BCUT2D eigenvalue weighted by atomic mass is 10.0. The number of carboxylic acid groups (broad SMARTS) is 1. The fourth-order valence-electron chi connectivity index (χ4n) is 1.56. The second kappa shape index (κ2) is 4.67. The number of carboxylic acids is 1. The lowest BCUT2D eigenvalue weighted by Gasteiger charge is -2.05. The van der Waals surface area contributed by atoms with E-state index < -0.39 is 5.97 Å². The molecule has 0 bridgehead atoms. The number of nitrogen functional groups attached to an aromatic ring is 1. The lowest BCUT2D eigenvalue weighted by molar-refractivity contribution is 0.0697. The van der Waals surface area contributed by atoms with Gasteiger partial charge in [-0.25, -0.2) is 9.78 Å². The highest BCUT2D eigenvalue weighted by molar-refractivity contribution is 5.94. The molecule has 90 valence electrons. The molecule has 0 amide bonds. The third-order valence-electron chi connectivity index (χ3n) is 2.53. The van der Waals surface area contributed by atoms with Crippen LogP contribution in [0.15, 0.2) is 36.5 Å². The summed E-state index contributed by atoms with van der Waals surface area (Å²) in [6.07, 6.45) is 2.24. The standard InChI is InChI=1S/C13H10N2O3/c14-12-11(13(17)18)5-10(6-15-12)9-3-1-8(7-16)2-4-9/h1-7H,(H2,14,15)(H,17,18). The highest BCUT2D eigenvalue weighted by atomic mass is 16.4. The Morgan fingerprint density at radius 1 is 1.22 bits per heavy atom. The minimum Gasteiger partial charge on any atom is -0.478 e. The van der Waals surface area contributed by atoms with E-state index in [1.165, 1.54) is 12.3 Å². The van der Waals surface area contributed by atoms with E-state index in [2.05, 4.69) is 4.98 Å². The number of rotatable bonds is 3. The van der Waals surface area contributed by atoms with Crippen LogP contribution >= 0.6 is 0 Å². The molecule has 3 N–H and O–H groups in total. The Kier molecular flexibility index (Phi) is 3.05. The SMILES string of the molecule is Nc1ncc(-c2ccc(C=O)cc2)cc1C(=O)O. The van der Waals surface area contributed by atoms with E-state index in [0.29, 0.717) is 11.1 Å². The molecule has 2 rings (SSSR count). The van der Waals surface area contributed by atoms with Gasteiger partial charge >= 0.3 is 5.97 Å². The Labute approximate surface area is 103 Å². The quantitative estimate of drug-likeness (QED) is 0.801. The molecule has 0 spiro atoms. The maximum Gasteiger partial charge on any atom is 0.339 e. The van der Waals surface area contributed by atoms with Crippen LogP contribution in [0.4, 0.5) is 5.82 Å². The predicted octanol–water partition coefficient (Wildman–Crippen LogP) is 1.84. The second-order valence-corrected chi connectivity index (χ2v) is 3.70. The van der Waals surface area contributed by atoms with Gasteiger partial charge in [0.1, 0.15) is 17.7 Å². The van der Waals surface area contributed by atoms with Gasteiger partial charge in [0, 0.05) is 17.3 Å². The van der Waals surface area contributed by atoms with Crippen molar-refractivity contribution in [1.82, 2.24) is 4.98 Å². The average molecular weight is 242 g/mol. The molecule has 0 radical (unpaired) electrons. The Morgan fingerprint density at radius 3 is 2.44 bits per heavy atom. The molecular formula is C13H10N2O3. The molecule has 0 aliphatic heterocycles. The summed E-state index contributed by atoms with van der Waals surface area (Å²) in [5.74, 6) is -1.14. The van der Waals surface area contributed by atoms with Gasteiger partial charge < -0.3 is 10.8 Å². The lowest BCUT2D eigenvalue weighted by Crippen LogP contribution is -2.04. The molecule has 5 nitrogen and oxygen atoms in total. The first-order valence-corrected chi connectivity index (χ1v) is 5.16. The number of carbonyl (C=O) groups excluding carboxylic acids is 1. The third kappa shape index (κ3) is 2.20. The van der Waals surface area contributed by atoms with Gasteiger partial charge in [0.05, 0.1) is 0 Å². The summed E-state index contributed by atoms with van der Waals surface area (Å²) in [6.45, 7) is 0. The van der Waals surface area contributed by atoms with Crippen molar-refractivity contribution in [2.24, 2.45) is 0 Å². The first-order valence-electron chi connectivity index (χ1n) is 5.16. The summed E-state index contributed by atoms with van der Waals surface area (Å²) >= 11 is 0. The van der Waals surface area contributed by atoms with Crippen molar-refractivity contribution in [2.45, 2.75) is 0 Å². The number of aromatic nitrogens is 1. The van der Waals surface area contributed by atoms with Crippen LogP contribution < -0.4 is 5.73 Å². The van der Waals surface area contributed by atoms with E-state index in [1.807, 2.05) is 0 Å². The van der Waals surface area contributed by atoms with Crippen LogP contribution in [0.2, 0.25) is 0 Å². The summed E-state index contributed by atoms with van der Waals surface area (Å²) in [5.41, 5.74) is 7.41. The smallest absolute Gasteiger partial charge is 0.339 e. The highest BCUT2D eigenvalue weighted by Crippen LogP contribution is 2.22. The van der Waals surface area contributed by atoms with Gasteiger partial charge in [-0.05, 0) is 11.6 Å². The molecule has 0 aliphatic rings. The molecule has 0 saturated heterocycles. The first-order chi connectivity index (χ1) is 8.61. The van der Waals surface area contributed by atoms with Crippen LogP contribution in [0.25, 0.3) is 11.1 Å². The summed E-state index contributed by atoms with van der Waals surface area (Å²) in [7, 11) is 0. The molecular weight excluding hydrogens is 232 g/mol. The van der Waals surface area contributed by atoms with Crippen molar-refractivity contribution < 1.29 is 14.7 Å². The monoisotopic (exact) mass is 242 g/mol. The fraction of sp³-hybridized carbons (Fsp3) is 0. The van der Waals surface area contributed by atoms with Gasteiger partial charge in [0.15, 0.2) is 0 Å². The van der Waals surface area contributed by atoms with Crippen LogP contribution in [0, 0.1) is 0 Å². The maximum absolute atomic E-state index is 10.9. The Balaban J connectivity index is 2.47. The van der Waals surface area contributed by atoms with E-state index in [1.54, 1.807) is 24.3 Å². The molecule has 5 heteroatoms. The Morgan fingerprint density at radius 2 is 1.89 bits per heavy atom. The second-order valence-electron chi connectivity index (χ2n) is 3.70. The van der Waals surface area contributed by atoms with Crippen molar-refractivity contribution >= 4 is 18.1 Å². The fourth-order valence-corrected chi connectivity index (χ4v) is 1.56. The topological polar surface area (TPSA) is 93.3 Å². The van der Waals surface area contributed by atoms with Crippen molar-refractivity contribution in [2.75, 3.05) is 5.73 Å². The zero-order valence-electron chi connectivity index (χ0n) is 9.33. The van der Waals surface area contributed by atoms with Crippen LogP contribution in [-0.4, -0.2) is 22.3 Å². The number of aromatic carboxylic acids is 1. The maximum atomic E-state index is 10.9. The van der Waals surface area contributed by atoms with Gasteiger partial charge in [-0.3, -0.25) is 4.79 Å². The Hall–Kier alpha value is -2.69. The van der Waals surface area contributed by atoms with E-state index >= 15 is 0 Å². The molecule has 0 unspecified atom stereocenters. The highest BCUT2D eigenvalue weighted by Gasteiger charge is 2.10. The van der Waals surface area contributed by atoms with E-state index in [0.717, 1.165) is 11.8 Å². The summed E-state index contributed by atoms with van der Waals surface area (Å²) in [4.78, 5) is 25.3. The number of aldehydes is 1. The normalized spacial score (nSPS) is 10.0. The number of pyridine rings is 1. The summed E-state index contributed by atoms with van der Waals surface area (Å²) in [6, 6.07) is 8.21. The predicted molar refractivity (Wildman–Crippen MR) is 66.4 cm³/mol. The van der Waals surface area contributed by atoms with Crippen molar-refractivity contribution in [3.05, 3.63) is 47.7 Å². The largest absolute Gasteiger partial charge is 0.478 e. The number of hydrogen-bond donors (Lipinski definition) is 2. The van der Waals surface area contributed by atoms with Crippen LogP contribution in [-0.2, 0) is 0 Å². The molecule has 2 aromatic rings. The number of nitrogens with zero attached hydrogens (tertiary/aromatic N) is 1. The number of benzene rings is 1. The number of carbonyl (C=O) groups is 2. The number of anilines is 1. The molecule has 1 aromatic heterocycles.